The molecule has 3 N–H and O–H groups in total. The summed E-state index contributed by atoms with van der Waals surface area (Å²) in [6.45, 7) is 3.48. The molecule has 46 heavy (non-hydrogen) atoms. The average molecular weight is 628 g/mol. The van der Waals surface area contributed by atoms with E-state index in [9.17, 15) is 23.1 Å². The van der Waals surface area contributed by atoms with E-state index in [1.807, 2.05) is 49.4 Å². The Bertz CT molecular complexity index is 1910. The lowest BCUT2D eigenvalue weighted by Gasteiger charge is -2.31. The number of aromatic nitrogens is 2. The number of hydrogen-bond donors (Lipinski definition) is 3. The molecule has 6 rings (SSSR count). The number of aliphatic hydroxyl groups is 1. The molecule has 1 aliphatic heterocycles. The van der Waals surface area contributed by atoms with Crippen molar-refractivity contribution < 1.29 is 27.8 Å². The van der Waals surface area contributed by atoms with Gasteiger partial charge >= 0.3 is 6.18 Å². The zero-order valence-corrected chi connectivity index (χ0v) is 25.2. The molecule has 0 spiro atoms. The number of carbonyl (C=O) groups excluding carboxylic acids is 1. The van der Waals surface area contributed by atoms with Crippen LogP contribution in [0.4, 0.5) is 36.2 Å². The Kier molecular flexibility index (Phi) is 8.50. The van der Waals surface area contributed by atoms with Gasteiger partial charge in [-0.2, -0.15) is 13.2 Å². The van der Waals surface area contributed by atoms with Crippen molar-refractivity contribution in [2.75, 3.05) is 35.7 Å². The molecule has 0 unspecified atom stereocenters. The van der Waals surface area contributed by atoms with E-state index in [2.05, 4.69) is 20.5 Å². The number of halogens is 3. The van der Waals surface area contributed by atoms with Gasteiger partial charge in [0.25, 0.3) is 5.91 Å². The molecule has 0 atom stereocenters. The van der Waals surface area contributed by atoms with Crippen LogP contribution in [0, 0.1) is 6.92 Å². The van der Waals surface area contributed by atoms with Crippen LogP contribution in [-0.2, 0) is 6.18 Å². The van der Waals surface area contributed by atoms with E-state index in [0.717, 1.165) is 71.5 Å². The third kappa shape index (κ3) is 6.74. The molecule has 0 aliphatic carbocycles. The number of aliphatic hydroxyl groups excluding tert-OH is 1. The van der Waals surface area contributed by atoms with Gasteiger partial charge in [-0.05, 0) is 97.1 Å². The number of anilines is 4. The fourth-order valence-corrected chi connectivity index (χ4v) is 5.55. The molecule has 2 heterocycles. The Morgan fingerprint density at radius 3 is 2.57 bits per heavy atom. The summed E-state index contributed by atoms with van der Waals surface area (Å²) in [5.74, 6) is 0.417. The molecule has 1 saturated heterocycles. The number of benzene rings is 4. The Labute approximate surface area is 263 Å². The minimum atomic E-state index is -4.54. The number of aryl methyl sites for hydroxylation is 1. The van der Waals surface area contributed by atoms with E-state index in [4.69, 9.17) is 9.72 Å². The highest BCUT2D eigenvalue weighted by Crippen LogP contribution is 2.34. The highest BCUT2D eigenvalue weighted by molar-refractivity contribution is 6.04. The summed E-state index contributed by atoms with van der Waals surface area (Å²) in [5.41, 5.74) is 4.61. The van der Waals surface area contributed by atoms with Crippen molar-refractivity contribution in [3.8, 4) is 16.9 Å². The number of carbonyl (C=O) groups is 1. The smallest absolute Gasteiger partial charge is 0.416 e. The molecule has 8 nitrogen and oxygen atoms in total. The number of hydrogen-bond acceptors (Lipinski definition) is 7. The van der Waals surface area contributed by atoms with Crippen LogP contribution in [0.5, 0.6) is 5.75 Å². The second-order valence-electron chi connectivity index (χ2n) is 11.3. The molecule has 0 saturated carbocycles. The molecule has 5 aromatic rings. The summed E-state index contributed by atoms with van der Waals surface area (Å²) in [7, 11) is 1.61. The maximum atomic E-state index is 13.1. The molecule has 236 valence electrons. The minimum absolute atomic E-state index is 0.0834. The molecule has 1 aliphatic rings. The first kappa shape index (κ1) is 30.8. The van der Waals surface area contributed by atoms with E-state index in [-0.39, 0.29) is 11.7 Å². The van der Waals surface area contributed by atoms with Crippen molar-refractivity contribution in [2.45, 2.75) is 32.0 Å². The quantitative estimate of drug-likeness (QED) is 0.171. The molecular formula is C35H32F3N5O3. The average Bonchev–Trinajstić information content (AvgIpc) is 3.05. The van der Waals surface area contributed by atoms with Crippen molar-refractivity contribution in [2.24, 2.45) is 0 Å². The van der Waals surface area contributed by atoms with Crippen LogP contribution in [0.15, 0.2) is 85.1 Å². The van der Waals surface area contributed by atoms with Crippen LogP contribution < -0.4 is 20.3 Å². The van der Waals surface area contributed by atoms with E-state index in [1.165, 1.54) is 12.1 Å². The van der Waals surface area contributed by atoms with Gasteiger partial charge < -0.3 is 25.4 Å². The third-order valence-corrected chi connectivity index (χ3v) is 8.10. The first-order valence-corrected chi connectivity index (χ1v) is 14.8. The molecule has 4 aromatic carbocycles. The topological polar surface area (TPSA) is 99.6 Å². The third-order valence-electron chi connectivity index (χ3n) is 8.10. The van der Waals surface area contributed by atoms with Gasteiger partial charge in [0, 0.05) is 41.6 Å². The lowest BCUT2D eigenvalue weighted by molar-refractivity contribution is -0.137. The standard InChI is InChI=1S/C35H32F3N5O3/c1-21-6-8-26(40-33(45)23-4-3-5-25(17-23)35(36,37)38)18-29(21)22-7-10-30-24(16-22)20-39-34(41-30)42-31-19-27(9-11-32(31)46-2)43-14-12-28(44)13-15-43/h3-11,16-20,28,44H,12-15H2,1-2H3,(H,40,45)(H,39,41,42). The molecule has 11 heteroatoms. The number of piperidine rings is 1. The van der Waals surface area contributed by atoms with E-state index in [1.54, 1.807) is 25.4 Å². The number of nitrogens with zero attached hydrogens (tertiary/aromatic N) is 3. The van der Waals surface area contributed by atoms with E-state index >= 15 is 0 Å². The molecule has 1 amide bonds. The predicted octanol–water partition coefficient (Wildman–Crippen LogP) is 7.59. The van der Waals surface area contributed by atoms with Gasteiger partial charge in [0.2, 0.25) is 5.95 Å². The molecule has 0 radical (unpaired) electrons. The van der Waals surface area contributed by atoms with Crippen LogP contribution in [0.25, 0.3) is 22.0 Å². The number of fused-ring (bicyclic) bond motifs is 1. The first-order valence-electron chi connectivity index (χ1n) is 14.8. The Morgan fingerprint density at radius 2 is 1.80 bits per heavy atom. The van der Waals surface area contributed by atoms with Gasteiger partial charge in [-0.25, -0.2) is 9.97 Å². The Morgan fingerprint density at radius 1 is 1.00 bits per heavy atom. The lowest BCUT2D eigenvalue weighted by Crippen LogP contribution is -2.35. The van der Waals surface area contributed by atoms with Crippen LogP contribution in [-0.4, -0.2) is 47.3 Å². The zero-order valence-electron chi connectivity index (χ0n) is 25.2. The van der Waals surface area contributed by atoms with E-state index < -0.39 is 17.6 Å². The molecule has 1 fully saturated rings. The minimum Gasteiger partial charge on any atom is -0.495 e. The van der Waals surface area contributed by atoms with Crippen LogP contribution in [0.2, 0.25) is 0 Å². The van der Waals surface area contributed by atoms with Gasteiger partial charge in [0.15, 0.2) is 0 Å². The fourth-order valence-electron chi connectivity index (χ4n) is 5.55. The van der Waals surface area contributed by atoms with Gasteiger partial charge in [-0.1, -0.05) is 18.2 Å². The van der Waals surface area contributed by atoms with Gasteiger partial charge in [-0.3, -0.25) is 4.79 Å². The van der Waals surface area contributed by atoms with Crippen molar-refractivity contribution in [1.29, 1.82) is 0 Å². The number of amides is 1. The highest BCUT2D eigenvalue weighted by Gasteiger charge is 2.31. The molecule has 0 bridgehead atoms. The summed E-state index contributed by atoms with van der Waals surface area (Å²) in [6, 6.07) is 21.3. The second kappa shape index (κ2) is 12.7. The second-order valence-corrected chi connectivity index (χ2v) is 11.3. The summed E-state index contributed by atoms with van der Waals surface area (Å²) in [4.78, 5) is 24.3. The number of methoxy groups -OCH3 is 1. The summed E-state index contributed by atoms with van der Waals surface area (Å²) in [6.07, 6.45) is -1.62. The van der Waals surface area contributed by atoms with Crippen molar-refractivity contribution in [3.05, 3.63) is 102 Å². The highest BCUT2D eigenvalue weighted by atomic mass is 19.4. The summed E-state index contributed by atoms with van der Waals surface area (Å²) in [5, 5.41) is 16.7. The number of rotatable bonds is 7. The Hall–Kier alpha value is -5.16. The maximum Gasteiger partial charge on any atom is 0.416 e. The van der Waals surface area contributed by atoms with E-state index in [0.29, 0.717) is 22.9 Å². The van der Waals surface area contributed by atoms with Gasteiger partial charge in [0.05, 0.1) is 30.0 Å². The first-order chi connectivity index (χ1) is 22.1. The van der Waals surface area contributed by atoms with Crippen molar-refractivity contribution in [3.63, 3.8) is 0 Å². The fraction of sp³-hybridized carbons (Fsp3) is 0.229. The number of ether oxygens (including phenoxy) is 1. The van der Waals surface area contributed by atoms with Crippen LogP contribution in [0.1, 0.15) is 34.3 Å². The monoisotopic (exact) mass is 627 g/mol. The Balaban J connectivity index is 1.22. The SMILES string of the molecule is COc1ccc(N2CCC(O)CC2)cc1Nc1ncc2cc(-c3cc(NC(=O)c4cccc(C(F)(F)F)c4)ccc3C)ccc2n1. The van der Waals surface area contributed by atoms with Crippen molar-refractivity contribution in [1.82, 2.24) is 9.97 Å². The van der Waals surface area contributed by atoms with Crippen molar-refractivity contribution >= 4 is 39.8 Å². The van der Waals surface area contributed by atoms with Crippen LogP contribution >= 0.6 is 0 Å². The summed E-state index contributed by atoms with van der Waals surface area (Å²) >= 11 is 0. The molecular weight excluding hydrogens is 595 g/mol. The zero-order chi connectivity index (χ0) is 32.4. The lowest BCUT2D eigenvalue weighted by atomic mass is 9.98. The predicted molar refractivity (Wildman–Crippen MR) is 173 cm³/mol. The maximum absolute atomic E-state index is 13.1. The van der Waals surface area contributed by atoms with Gasteiger partial charge in [-0.15, -0.1) is 0 Å². The summed E-state index contributed by atoms with van der Waals surface area (Å²) < 4.78 is 45.0. The number of nitrogens with one attached hydrogen (secondary N) is 2. The normalized spacial score (nSPS) is 13.9. The largest absolute Gasteiger partial charge is 0.495 e. The van der Waals surface area contributed by atoms with Crippen LogP contribution in [0.3, 0.4) is 0 Å². The van der Waals surface area contributed by atoms with Gasteiger partial charge in [0.1, 0.15) is 5.75 Å². The molecule has 1 aromatic heterocycles. The number of alkyl halides is 3.